The molecule has 1 unspecified atom stereocenters. The van der Waals surface area contributed by atoms with Gasteiger partial charge >= 0.3 is 0 Å². The molecule has 22 heavy (non-hydrogen) atoms. The molecule has 10 heteroatoms. The van der Waals surface area contributed by atoms with Crippen molar-refractivity contribution in [2.45, 2.75) is 24.4 Å². The number of fused-ring (bicyclic) bond motifs is 1. The zero-order chi connectivity index (χ0) is 16.0. The molecule has 0 bridgehead atoms. The molecule has 4 atom stereocenters. The van der Waals surface area contributed by atoms with E-state index in [1.165, 1.54) is 10.6 Å². The van der Waals surface area contributed by atoms with E-state index < -0.39 is 42.4 Å². The van der Waals surface area contributed by atoms with Crippen LogP contribution >= 0.6 is 12.2 Å². The number of ether oxygens (including phenoxy) is 1. The molecule has 1 fully saturated rings. The Labute approximate surface area is 127 Å². The van der Waals surface area contributed by atoms with Gasteiger partial charge in [0, 0.05) is 11.8 Å². The first-order valence-corrected chi connectivity index (χ1v) is 6.77. The third-order valence-electron chi connectivity index (χ3n) is 3.52. The van der Waals surface area contributed by atoms with Gasteiger partial charge in [-0.2, -0.15) is 4.39 Å². The summed E-state index contributed by atoms with van der Waals surface area (Å²) in [6, 6.07) is 0. The Morgan fingerprint density at radius 1 is 1.41 bits per heavy atom. The molecule has 0 saturated carbocycles. The van der Waals surface area contributed by atoms with Crippen LogP contribution in [0.15, 0.2) is 17.2 Å². The van der Waals surface area contributed by atoms with E-state index in [0.29, 0.717) is 0 Å². The summed E-state index contributed by atoms with van der Waals surface area (Å²) in [5.41, 5.74) is -0.691. The number of aromatic nitrogens is 3. The molecule has 0 radical (unpaired) electrons. The highest BCUT2D eigenvalue weighted by Gasteiger charge is 2.43. The fourth-order valence-electron chi connectivity index (χ4n) is 2.37. The Morgan fingerprint density at radius 2 is 2.14 bits per heavy atom. The van der Waals surface area contributed by atoms with Gasteiger partial charge in [-0.25, -0.2) is 4.98 Å². The summed E-state index contributed by atoms with van der Waals surface area (Å²) in [7, 11) is 0. The number of rotatable bonds is 2. The predicted molar refractivity (Wildman–Crippen MR) is 73.3 cm³/mol. The Balaban J connectivity index is 2.12. The van der Waals surface area contributed by atoms with Crippen LogP contribution in [0.1, 0.15) is 11.7 Å². The maximum atomic E-state index is 13.3. The van der Waals surface area contributed by atoms with Crippen LogP contribution in [0, 0.1) is 10.5 Å². The molecule has 118 valence electrons. The third-order valence-corrected chi connectivity index (χ3v) is 3.85. The van der Waals surface area contributed by atoms with E-state index in [2.05, 4.69) is 9.97 Å². The van der Waals surface area contributed by atoms with Crippen LogP contribution < -0.4 is 5.56 Å². The number of halogens is 1. The molecule has 1 aliphatic rings. The van der Waals surface area contributed by atoms with Crippen molar-refractivity contribution in [1.82, 2.24) is 14.4 Å². The Morgan fingerprint density at radius 3 is 2.77 bits per heavy atom. The van der Waals surface area contributed by atoms with Gasteiger partial charge in [0.05, 0.1) is 12.8 Å². The highest BCUT2D eigenvalue weighted by molar-refractivity contribution is 7.71. The van der Waals surface area contributed by atoms with E-state index in [0.717, 1.165) is 6.20 Å². The maximum absolute atomic E-state index is 13.3. The largest absolute Gasteiger partial charge is 0.394 e. The second-order valence-corrected chi connectivity index (χ2v) is 5.31. The molecule has 3 rings (SSSR count). The van der Waals surface area contributed by atoms with Crippen molar-refractivity contribution in [3.05, 3.63) is 38.8 Å². The molecule has 2 aromatic rings. The number of H-pyrrole nitrogens is 1. The number of nitrogens with one attached hydrogen (secondary N) is 1. The van der Waals surface area contributed by atoms with E-state index >= 15 is 0 Å². The standard InChI is InChI=1S/C12H12FN3O5S/c13-5-2-16-1-4(11(22)15-12(16)14-10(5)20)9-8(19)7(18)6(3-17)21-9/h1-2,6-9,17-19H,3H2,(H,14,15,20,22)/t6-,7?,8+,9+/m1/s1. The number of aliphatic hydroxyl groups excluding tert-OH is 3. The Hall–Kier alpha value is -1.72. The van der Waals surface area contributed by atoms with Crippen molar-refractivity contribution in [1.29, 1.82) is 0 Å². The van der Waals surface area contributed by atoms with Gasteiger partial charge in [-0.05, 0) is 0 Å². The topological polar surface area (TPSA) is 120 Å². The van der Waals surface area contributed by atoms with Gasteiger partial charge in [0.15, 0.2) is 0 Å². The second kappa shape index (κ2) is 5.48. The number of aliphatic hydroxyl groups is 3. The quantitative estimate of drug-likeness (QED) is 0.524. The number of hydrogen-bond donors (Lipinski definition) is 4. The first-order chi connectivity index (χ1) is 10.4. The smallest absolute Gasteiger partial charge is 0.288 e. The summed E-state index contributed by atoms with van der Waals surface area (Å²) in [6.45, 7) is -0.475. The van der Waals surface area contributed by atoms with Crippen molar-refractivity contribution >= 4 is 18.0 Å². The number of hydrogen-bond acceptors (Lipinski definition) is 7. The number of aromatic amines is 1. The molecule has 0 aromatic carbocycles. The van der Waals surface area contributed by atoms with E-state index in [4.69, 9.17) is 22.1 Å². The summed E-state index contributed by atoms with van der Waals surface area (Å²) in [4.78, 5) is 17.4. The fourth-order valence-corrected chi connectivity index (χ4v) is 2.62. The van der Waals surface area contributed by atoms with Crippen molar-refractivity contribution in [2.75, 3.05) is 6.61 Å². The van der Waals surface area contributed by atoms with Gasteiger partial charge in [-0.1, -0.05) is 12.2 Å². The monoisotopic (exact) mass is 329 g/mol. The third kappa shape index (κ3) is 2.34. The summed E-state index contributed by atoms with van der Waals surface area (Å²) in [5, 5.41) is 28.9. The van der Waals surface area contributed by atoms with E-state index in [1.807, 2.05) is 0 Å². The van der Waals surface area contributed by atoms with Crippen LogP contribution in [0.3, 0.4) is 0 Å². The molecule has 0 aliphatic carbocycles. The maximum Gasteiger partial charge on any atom is 0.288 e. The Bertz CT molecular complexity index is 838. The van der Waals surface area contributed by atoms with Gasteiger partial charge in [-0.3, -0.25) is 14.2 Å². The average molecular weight is 329 g/mol. The minimum atomic E-state index is -1.31. The van der Waals surface area contributed by atoms with Crippen LogP contribution in [0.4, 0.5) is 4.39 Å². The van der Waals surface area contributed by atoms with Crippen molar-refractivity contribution < 1.29 is 24.4 Å². The molecular weight excluding hydrogens is 317 g/mol. The summed E-state index contributed by atoms with van der Waals surface area (Å²) < 4.78 is 19.9. The molecule has 0 amide bonds. The molecule has 3 heterocycles. The second-order valence-electron chi connectivity index (χ2n) is 4.92. The normalized spacial score (nSPS) is 28.4. The van der Waals surface area contributed by atoms with Gasteiger partial charge in [0.2, 0.25) is 11.6 Å². The SMILES string of the molecule is O=c1[nH]c2nc(=S)c([C@@H]3O[C@H](CO)C(O)[C@@H]3O)cn2cc1F. The lowest BCUT2D eigenvalue weighted by Gasteiger charge is -2.15. The van der Waals surface area contributed by atoms with Gasteiger partial charge < -0.3 is 20.1 Å². The molecule has 4 N–H and O–H groups in total. The fraction of sp³-hybridized carbons (Fsp3) is 0.417. The predicted octanol–water partition coefficient (Wildman–Crippen LogP) is -0.955. The van der Waals surface area contributed by atoms with Crippen LogP contribution in [0.2, 0.25) is 0 Å². The molecule has 1 aliphatic heterocycles. The first-order valence-electron chi connectivity index (χ1n) is 6.36. The van der Waals surface area contributed by atoms with E-state index in [1.54, 1.807) is 0 Å². The van der Waals surface area contributed by atoms with Crippen LogP contribution in [0.5, 0.6) is 0 Å². The minimum Gasteiger partial charge on any atom is -0.394 e. The molecule has 0 spiro atoms. The lowest BCUT2D eigenvalue weighted by atomic mass is 10.0. The number of nitrogens with zero attached hydrogens (tertiary/aromatic N) is 2. The lowest BCUT2D eigenvalue weighted by molar-refractivity contribution is -0.0230. The zero-order valence-corrected chi connectivity index (χ0v) is 11.8. The molecule has 8 nitrogen and oxygen atoms in total. The summed E-state index contributed by atoms with van der Waals surface area (Å²) in [6.07, 6.45) is -2.30. The average Bonchev–Trinajstić information content (AvgIpc) is 2.76. The summed E-state index contributed by atoms with van der Waals surface area (Å²) >= 11 is 5.08. The Kier molecular flexibility index (Phi) is 3.78. The summed E-state index contributed by atoms with van der Waals surface area (Å²) in [5.74, 6) is -0.976. The van der Waals surface area contributed by atoms with Crippen LogP contribution in [-0.2, 0) is 4.74 Å². The molecular formula is C12H12FN3O5S. The van der Waals surface area contributed by atoms with Crippen molar-refractivity contribution in [2.24, 2.45) is 0 Å². The highest BCUT2D eigenvalue weighted by Crippen LogP contribution is 2.33. The van der Waals surface area contributed by atoms with Gasteiger partial charge in [0.25, 0.3) is 5.56 Å². The van der Waals surface area contributed by atoms with Gasteiger partial charge in [0.1, 0.15) is 29.1 Å². The zero-order valence-electron chi connectivity index (χ0n) is 11.0. The molecule has 1 saturated heterocycles. The van der Waals surface area contributed by atoms with Crippen LogP contribution in [-0.4, -0.2) is 54.6 Å². The minimum absolute atomic E-state index is 0.0251. The van der Waals surface area contributed by atoms with E-state index in [9.17, 15) is 19.4 Å². The van der Waals surface area contributed by atoms with Gasteiger partial charge in [-0.15, -0.1) is 0 Å². The van der Waals surface area contributed by atoms with Crippen LogP contribution in [0.25, 0.3) is 5.78 Å². The highest BCUT2D eigenvalue weighted by atomic mass is 32.1. The lowest BCUT2D eigenvalue weighted by Crippen LogP contribution is -2.32. The van der Waals surface area contributed by atoms with Crippen molar-refractivity contribution in [3.8, 4) is 0 Å². The van der Waals surface area contributed by atoms with Crippen molar-refractivity contribution in [3.63, 3.8) is 0 Å². The first kappa shape index (κ1) is 15.2. The van der Waals surface area contributed by atoms with E-state index in [-0.39, 0.29) is 16.0 Å². The molecule has 2 aromatic heterocycles.